The molecule has 0 saturated carbocycles. The first-order valence-corrected chi connectivity index (χ1v) is 10.9. The average molecular weight is 396 g/mol. The third kappa shape index (κ3) is 5.28. The van der Waals surface area contributed by atoms with E-state index in [9.17, 15) is 13.2 Å². The van der Waals surface area contributed by atoms with Crippen molar-refractivity contribution in [2.45, 2.75) is 10.9 Å². The fourth-order valence-electron chi connectivity index (χ4n) is 3.03. The molecular formula is C22H23N2O3S+. The Morgan fingerprint density at radius 1 is 0.893 bits per heavy atom. The van der Waals surface area contributed by atoms with Crippen LogP contribution < -0.4 is 10.6 Å². The van der Waals surface area contributed by atoms with Crippen molar-refractivity contribution in [1.82, 2.24) is 0 Å². The Morgan fingerprint density at radius 2 is 1.46 bits per heavy atom. The van der Waals surface area contributed by atoms with Crippen LogP contribution in [0, 0.1) is 0 Å². The van der Waals surface area contributed by atoms with Crippen LogP contribution in [0.5, 0.6) is 0 Å². The van der Waals surface area contributed by atoms with E-state index >= 15 is 0 Å². The summed E-state index contributed by atoms with van der Waals surface area (Å²) in [5.41, 5.74) is 2.69. The Bertz CT molecular complexity index is 996. The largest absolute Gasteiger partial charge is 0.328 e. The van der Waals surface area contributed by atoms with Gasteiger partial charge < -0.3 is 10.6 Å². The summed E-state index contributed by atoms with van der Waals surface area (Å²) in [6.45, 7) is 0.206. The van der Waals surface area contributed by atoms with Crippen LogP contribution in [0.1, 0.15) is 17.2 Å². The summed E-state index contributed by atoms with van der Waals surface area (Å²) in [5.74, 6) is -0.192. The van der Waals surface area contributed by atoms with Crippen molar-refractivity contribution in [1.29, 1.82) is 0 Å². The van der Waals surface area contributed by atoms with Crippen LogP contribution in [0.3, 0.4) is 0 Å². The van der Waals surface area contributed by atoms with Crippen LogP contribution >= 0.6 is 0 Å². The van der Waals surface area contributed by atoms with Gasteiger partial charge in [-0.2, -0.15) is 0 Å². The van der Waals surface area contributed by atoms with E-state index in [0.717, 1.165) is 17.4 Å². The molecule has 6 heteroatoms. The molecule has 0 bridgehead atoms. The molecule has 0 spiro atoms. The minimum atomic E-state index is -3.32. The second kappa shape index (κ2) is 8.82. The smallest absolute Gasteiger partial charge is 0.279 e. The van der Waals surface area contributed by atoms with Gasteiger partial charge in [0.1, 0.15) is 6.04 Å². The molecule has 0 fully saturated rings. The summed E-state index contributed by atoms with van der Waals surface area (Å²) < 4.78 is 23.4. The Balaban J connectivity index is 1.71. The molecule has 0 aliphatic rings. The van der Waals surface area contributed by atoms with Gasteiger partial charge >= 0.3 is 0 Å². The van der Waals surface area contributed by atoms with Gasteiger partial charge in [-0.3, -0.25) is 4.79 Å². The van der Waals surface area contributed by atoms with Crippen LogP contribution in [-0.4, -0.2) is 27.1 Å². The number of quaternary nitrogens is 1. The summed E-state index contributed by atoms with van der Waals surface area (Å²) in [5, 5.41) is 4.75. The number of benzene rings is 3. The molecule has 3 aromatic carbocycles. The highest BCUT2D eigenvalue weighted by Crippen LogP contribution is 2.18. The van der Waals surface area contributed by atoms with Crippen molar-refractivity contribution in [3.63, 3.8) is 0 Å². The van der Waals surface area contributed by atoms with E-state index < -0.39 is 9.84 Å². The number of nitrogens with one attached hydrogen (secondary N) is 1. The Morgan fingerprint density at radius 3 is 2.00 bits per heavy atom. The molecule has 0 radical (unpaired) electrons. The van der Waals surface area contributed by atoms with Crippen LogP contribution in [0.2, 0.25) is 0 Å². The third-order valence-corrected chi connectivity index (χ3v) is 5.51. The van der Waals surface area contributed by atoms with Gasteiger partial charge in [0.25, 0.3) is 5.91 Å². The summed E-state index contributed by atoms with van der Waals surface area (Å²) in [4.78, 5) is 12.6. The predicted octanol–water partition coefficient (Wildman–Crippen LogP) is 2.38. The number of hydrogen-bond donors (Lipinski definition) is 2. The molecule has 144 valence electrons. The molecule has 0 aliphatic carbocycles. The number of carbonyl (C=O) groups excluding carboxylic acids is 1. The molecule has 0 aromatic heterocycles. The molecule has 1 amide bonds. The lowest BCUT2D eigenvalue weighted by Crippen LogP contribution is -2.87. The number of carbonyl (C=O) groups is 1. The van der Waals surface area contributed by atoms with Crippen molar-refractivity contribution < 1.29 is 18.5 Å². The fraction of sp³-hybridized carbons (Fsp3) is 0.136. The van der Waals surface area contributed by atoms with E-state index in [4.69, 9.17) is 0 Å². The first-order valence-electron chi connectivity index (χ1n) is 8.97. The Labute approximate surface area is 165 Å². The van der Waals surface area contributed by atoms with Crippen molar-refractivity contribution in [3.05, 3.63) is 96.1 Å². The van der Waals surface area contributed by atoms with Gasteiger partial charge in [0.2, 0.25) is 0 Å². The quantitative estimate of drug-likeness (QED) is 0.645. The zero-order valence-corrected chi connectivity index (χ0v) is 16.4. The van der Waals surface area contributed by atoms with Crippen molar-refractivity contribution in [2.24, 2.45) is 0 Å². The van der Waals surface area contributed by atoms with Gasteiger partial charge in [0, 0.05) is 23.1 Å². The lowest BCUT2D eigenvalue weighted by molar-refractivity contribution is -0.676. The molecular weight excluding hydrogens is 372 g/mol. The topological polar surface area (TPSA) is 79.8 Å². The van der Waals surface area contributed by atoms with Gasteiger partial charge in [-0.1, -0.05) is 66.7 Å². The van der Waals surface area contributed by atoms with E-state index in [1.807, 2.05) is 66.0 Å². The SMILES string of the molecule is CS(=O)(=O)c1cccc(NC(=O)C[NH2+]C(c2ccccc2)c2ccccc2)c1. The molecule has 0 atom stereocenters. The standard InChI is InChI=1S/C22H22N2O3S/c1-28(26,27)20-14-8-13-19(15-20)24-21(25)16-23-22(17-9-4-2-5-10-17)18-11-6-3-7-12-18/h2-15,22-23H,16H2,1H3,(H,24,25)/p+1. The van der Waals surface area contributed by atoms with E-state index in [1.165, 1.54) is 12.1 Å². The molecule has 3 aromatic rings. The summed E-state index contributed by atoms with van der Waals surface area (Å²) in [6, 6.07) is 26.3. The first-order chi connectivity index (χ1) is 13.4. The molecule has 0 aliphatic heterocycles. The highest BCUT2D eigenvalue weighted by molar-refractivity contribution is 7.90. The highest BCUT2D eigenvalue weighted by atomic mass is 32.2. The zero-order chi connectivity index (χ0) is 20.0. The fourth-order valence-corrected chi connectivity index (χ4v) is 3.69. The first kappa shape index (κ1) is 19.8. The average Bonchev–Trinajstić information content (AvgIpc) is 2.69. The number of nitrogens with two attached hydrogens (primary N) is 1. The van der Waals surface area contributed by atoms with Gasteiger partial charge in [-0.05, 0) is 18.2 Å². The second-order valence-electron chi connectivity index (χ2n) is 6.59. The molecule has 3 rings (SSSR count). The van der Waals surface area contributed by atoms with E-state index in [2.05, 4.69) is 5.32 Å². The number of sulfone groups is 1. The minimum Gasteiger partial charge on any atom is -0.328 e. The van der Waals surface area contributed by atoms with Crippen molar-refractivity contribution in [2.75, 3.05) is 18.1 Å². The third-order valence-electron chi connectivity index (χ3n) is 4.40. The Hall–Kier alpha value is -2.96. The van der Waals surface area contributed by atoms with Crippen LogP contribution in [-0.2, 0) is 14.6 Å². The summed E-state index contributed by atoms with van der Waals surface area (Å²) >= 11 is 0. The number of amides is 1. The molecule has 3 N–H and O–H groups in total. The monoisotopic (exact) mass is 395 g/mol. The highest BCUT2D eigenvalue weighted by Gasteiger charge is 2.19. The lowest BCUT2D eigenvalue weighted by Gasteiger charge is -2.16. The Kier molecular flexibility index (Phi) is 6.23. The van der Waals surface area contributed by atoms with Gasteiger partial charge in [-0.25, -0.2) is 8.42 Å². The predicted molar refractivity (Wildman–Crippen MR) is 110 cm³/mol. The van der Waals surface area contributed by atoms with E-state index in [0.29, 0.717) is 5.69 Å². The maximum absolute atomic E-state index is 12.4. The number of hydrogen-bond acceptors (Lipinski definition) is 3. The minimum absolute atomic E-state index is 0.00416. The summed E-state index contributed by atoms with van der Waals surface area (Å²) in [7, 11) is -3.32. The van der Waals surface area contributed by atoms with Gasteiger partial charge in [-0.15, -0.1) is 0 Å². The van der Waals surface area contributed by atoms with E-state index in [-0.39, 0.29) is 23.4 Å². The zero-order valence-electron chi connectivity index (χ0n) is 15.6. The van der Waals surface area contributed by atoms with Gasteiger partial charge in [0.05, 0.1) is 4.90 Å². The molecule has 0 unspecified atom stereocenters. The number of anilines is 1. The summed E-state index contributed by atoms with van der Waals surface area (Å²) in [6.07, 6.45) is 1.14. The second-order valence-corrected chi connectivity index (χ2v) is 8.60. The van der Waals surface area contributed by atoms with Gasteiger partial charge in [0.15, 0.2) is 16.4 Å². The maximum atomic E-state index is 12.4. The van der Waals surface area contributed by atoms with Crippen molar-refractivity contribution in [3.8, 4) is 0 Å². The van der Waals surface area contributed by atoms with Crippen molar-refractivity contribution >= 4 is 21.4 Å². The molecule has 0 saturated heterocycles. The van der Waals surface area contributed by atoms with E-state index in [1.54, 1.807) is 12.1 Å². The lowest BCUT2D eigenvalue weighted by atomic mass is 9.99. The van der Waals surface area contributed by atoms with Crippen LogP contribution in [0.25, 0.3) is 0 Å². The molecule has 0 heterocycles. The number of rotatable bonds is 7. The molecule has 28 heavy (non-hydrogen) atoms. The maximum Gasteiger partial charge on any atom is 0.279 e. The molecule has 5 nitrogen and oxygen atoms in total. The van der Waals surface area contributed by atoms with Crippen LogP contribution in [0.15, 0.2) is 89.8 Å². The normalized spacial score (nSPS) is 11.4. The van der Waals surface area contributed by atoms with Crippen LogP contribution in [0.4, 0.5) is 5.69 Å².